The molecule has 4 atom stereocenters. The second-order valence-electron chi connectivity index (χ2n) is 13.2. The molecule has 2 aliphatic rings. The van der Waals surface area contributed by atoms with Crippen LogP contribution in [0.5, 0.6) is 0 Å². The maximum atomic E-state index is 15.5. The number of aldehydes is 1. The van der Waals surface area contributed by atoms with Crippen LogP contribution in [0.4, 0.5) is 0 Å². The standard InChI is InChI=1S/C41H29N3O11/c1-25-14-11-12-23-39(25,2)38(49)32-31(36(47)30-22-13-20-26-15-9-10-21-29(26)30)34(42(50)51)33(35(46)27-16-5-3-6-17-27)40(24-45,43(52)53)41(32,44(54)55)37(48)28-18-7-4-8-19-28/h3-25H,1-2H3. The van der Waals surface area contributed by atoms with E-state index in [4.69, 9.17) is 0 Å². The lowest BCUT2D eigenvalue weighted by Crippen LogP contribution is -2.74. The van der Waals surface area contributed by atoms with Gasteiger partial charge in [0.25, 0.3) is 11.5 Å². The largest absolute Gasteiger partial charge is 0.393 e. The van der Waals surface area contributed by atoms with Crippen LogP contribution in [0.3, 0.4) is 0 Å². The third-order valence-corrected chi connectivity index (χ3v) is 10.4. The van der Waals surface area contributed by atoms with Crippen LogP contribution in [0.1, 0.15) is 44.9 Å². The Labute approximate surface area is 311 Å². The van der Waals surface area contributed by atoms with Crippen molar-refractivity contribution in [3.63, 3.8) is 0 Å². The minimum absolute atomic E-state index is 0.149. The molecule has 0 N–H and O–H groups in total. The van der Waals surface area contributed by atoms with E-state index in [1.165, 1.54) is 92.7 Å². The molecule has 0 spiro atoms. The highest BCUT2D eigenvalue weighted by Crippen LogP contribution is 2.54. The summed E-state index contributed by atoms with van der Waals surface area (Å²) in [5.41, 5.74) is -18.5. The van der Waals surface area contributed by atoms with Gasteiger partial charge in [-0.2, -0.15) is 0 Å². The van der Waals surface area contributed by atoms with Gasteiger partial charge in [0.15, 0.2) is 11.4 Å². The van der Waals surface area contributed by atoms with Crippen molar-refractivity contribution in [3.8, 4) is 0 Å². The van der Waals surface area contributed by atoms with Crippen molar-refractivity contribution in [2.24, 2.45) is 11.3 Å². The number of hydrogen-bond donors (Lipinski definition) is 0. The van der Waals surface area contributed by atoms with Gasteiger partial charge in [-0.25, -0.2) is 0 Å². The summed E-state index contributed by atoms with van der Waals surface area (Å²) >= 11 is 0. The van der Waals surface area contributed by atoms with Crippen LogP contribution in [0.25, 0.3) is 10.8 Å². The van der Waals surface area contributed by atoms with Crippen molar-refractivity contribution in [3.05, 3.63) is 197 Å². The first-order valence-electron chi connectivity index (χ1n) is 16.7. The van der Waals surface area contributed by atoms with Gasteiger partial charge in [0.2, 0.25) is 17.9 Å². The Balaban J connectivity index is 1.97. The molecule has 6 rings (SSSR count). The molecule has 55 heavy (non-hydrogen) atoms. The molecule has 0 radical (unpaired) electrons. The first kappa shape index (κ1) is 37.4. The molecular formula is C41H29N3O11. The third kappa shape index (κ3) is 5.37. The van der Waals surface area contributed by atoms with Gasteiger partial charge in [-0.05, 0) is 23.6 Å². The second-order valence-corrected chi connectivity index (χ2v) is 13.2. The lowest BCUT2D eigenvalue weighted by Gasteiger charge is -2.41. The van der Waals surface area contributed by atoms with Crippen LogP contribution in [0, 0.1) is 41.7 Å². The molecule has 4 aromatic rings. The molecule has 0 fully saturated rings. The highest BCUT2D eigenvalue weighted by molar-refractivity contribution is 6.29. The summed E-state index contributed by atoms with van der Waals surface area (Å²) in [4.78, 5) is 111. The quantitative estimate of drug-likeness (QED) is 0.0690. The number of benzene rings is 4. The number of nitrogens with zero attached hydrogens (tertiary/aromatic N) is 3. The summed E-state index contributed by atoms with van der Waals surface area (Å²) in [7, 11) is 0. The van der Waals surface area contributed by atoms with Crippen LogP contribution in [-0.2, 0) is 9.59 Å². The molecule has 0 bridgehead atoms. The Bertz CT molecular complexity index is 2500. The topological polar surface area (TPSA) is 215 Å². The maximum absolute atomic E-state index is 15.5. The number of allylic oxidation sites excluding steroid dienone is 5. The van der Waals surface area contributed by atoms with Gasteiger partial charge in [0.05, 0.1) is 10.3 Å². The zero-order chi connectivity index (χ0) is 39.9. The maximum Gasteiger partial charge on any atom is 0.393 e. The smallest absolute Gasteiger partial charge is 0.295 e. The molecule has 0 amide bonds. The number of fused-ring (bicyclic) bond motifs is 1. The molecule has 0 heterocycles. The Morgan fingerprint density at radius 3 is 1.82 bits per heavy atom. The zero-order valence-electron chi connectivity index (χ0n) is 29.1. The minimum atomic E-state index is -4.31. The van der Waals surface area contributed by atoms with Gasteiger partial charge in [0, 0.05) is 26.5 Å². The van der Waals surface area contributed by atoms with Crippen LogP contribution in [0.2, 0.25) is 0 Å². The molecular weight excluding hydrogens is 710 g/mol. The molecule has 0 saturated carbocycles. The molecule has 274 valence electrons. The number of Topliss-reactive ketones (excluding diaryl/α,β-unsaturated/α-hetero) is 4. The van der Waals surface area contributed by atoms with Crippen LogP contribution >= 0.6 is 0 Å². The summed E-state index contributed by atoms with van der Waals surface area (Å²) in [6.07, 6.45) is 5.02. The highest BCUT2D eigenvalue weighted by Gasteiger charge is 2.86. The van der Waals surface area contributed by atoms with E-state index in [0.717, 1.165) is 24.3 Å². The fraction of sp³-hybridized carbons (Fsp3) is 0.146. The molecule has 0 aliphatic heterocycles. The second kappa shape index (κ2) is 13.9. The summed E-state index contributed by atoms with van der Waals surface area (Å²) < 4.78 is 0. The van der Waals surface area contributed by atoms with E-state index in [0.29, 0.717) is 5.39 Å². The van der Waals surface area contributed by atoms with Gasteiger partial charge in [-0.1, -0.05) is 134 Å². The van der Waals surface area contributed by atoms with E-state index in [1.807, 2.05) is 0 Å². The van der Waals surface area contributed by atoms with E-state index in [-0.39, 0.29) is 10.9 Å². The number of rotatable bonds is 12. The summed E-state index contributed by atoms with van der Waals surface area (Å²) in [5.74, 6) is -7.28. The predicted octanol–water partition coefficient (Wildman–Crippen LogP) is 6.20. The molecule has 14 heteroatoms. The average molecular weight is 740 g/mol. The predicted molar refractivity (Wildman–Crippen MR) is 197 cm³/mol. The first-order chi connectivity index (χ1) is 26.2. The lowest BCUT2D eigenvalue weighted by atomic mass is 9.55. The summed E-state index contributed by atoms with van der Waals surface area (Å²) in [6.45, 7) is 2.79. The van der Waals surface area contributed by atoms with E-state index in [9.17, 15) is 39.9 Å². The number of carbonyl (C=O) groups is 5. The van der Waals surface area contributed by atoms with Crippen LogP contribution in [0.15, 0.2) is 150 Å². The Morgan fingerprint density at radius 1 is 0.673 bits per heavy atom. The fourth-order valence-electron chi connectivity index (χ4n) is 7.43. The van der Waals surface area contributed by atoms with Crippen molar-refractivity contribution < 1.29 is 38.7 Å². The Morgan fingerprint density at radius 2 is 1.25 bits per heavy atom. The Hall–Kier alpha value is -7.35. The van der Waals surface area contributed by atoms with Gasteiger partial charge < -0.3 is 0 Å². The highest BCUT2D eigenvalue weighted by atomic mass is 16.7. The number of carbonyl (C=O) groups excluding carboxylic acids is 5. The van der Waals surface area contributed by atoms with Crippen molar-refractivity contribution in [2.75, 3.05) is 0 Å². The molecule has 2 aliphatic carbocycles. The van der Waals surface area contributed by atoms with Crippen LogP contribution in [-0.4, -0.2) is 55.3 Å². The van der Waals surface area contributed by atoms with Gasteiger partial charge in [0.1, 0.15) is 11.1 Å². The van der Waals surface area contributed by atoms with E-state index >= 15 is 14.4 Å². The molecule has 4 aromatic carbocycles. The summed E-state index contributed by atoms with van der Waals surface area (Å²) in [6, 6.07) is 22.5. The van der Waals surface area contributed by atoms with Crippen molar-refractivity contribution in [1.82, 2.24) is 0 Å². The van der Waals surface area contributed by atoms with E-state index in [1.54, 1.807) is 24.3 Å². The molecule has 0 saturated heterocycles. The Kier molecular flexibility index (Phi) is 9.45. The molecule has 0 aromatic heterocycles. The average Bonchev–Trinajstić information content (AvgIpc) is 3.19. The van der Waals surface area contributed by atoms with Gasteiger partial charge >= 0.3 is 11.1 Å². The SMILES string of the molecule is CC1C=CC=CC1(C)C(=O)C1=C(C(=O)c2cccc3ccccc23)C([N+](=O)[O-])=C(C(=O)c2ccccc2)C(C=O)([N+](=O)[O-])C1(C(=O)c1ccccc1)[N+](=O)[O-]. The lowest BCUT2D eigenvalue weighted by molar-refractivity contribution is -0.641. The number of nitro groups is 3. The van der Waals surface area contributed by atoms with Gasteiger partial charge in [-0.15, -0.1) is 0 Å². The normalized spacial score (nSPS) is 23.3. The zero-order valence-corrected chi connectivity index (χ0v) is 29.1. The van der Waals surface area contributed by atoms with E-state index < -0.39 is 100 Å². The third-order valence-electron chi connectivity index (χ3n) is 10.4. The minimum Gasteiger partial charge on any atom is -0.295 e. The van der Waals surface area contributed by atoms with Crippen molar-refractivity contribution in [2.45, 2.75) is 24.9 Å². The molecule has 14 nitrogen and oxygen atoms in total. The van der Waals surface area contributed by atoms with Crippen molar-refractivity contribution in [1.29, 1.82) is 0 Å². The monoisotopic (exact) mass is 739 g/mol. The first-order valence-corrected chi connectivity index (χ1v) is 16.7. The van der Waals surface area contributed by atoms with Crippen molar-refractivity contribution >= 4 is 40.2 Å². The number of ketones is 4. The summed E-state index contributed by atoms with van der Waals surface area (Å²) in [5, 5.41) is 42.0. The number of hydrogen-bond acceptors (Lipinski definition) is 11. The van der Waals surface area contributed by atoms with E-state index in [2.05, 4.69) is 0 Å². The van der Waals surface area contributed by atoms with Gasteiger partial charge in [-0.3, -0.25) is 54.3 Å². The fourth-order valence-corrected chi connectivity index (χ4v) is 7.43. The molecule has 4 unspecified atom stereocenters. The van der Waals surface area contributed by atoms with Crippen LogP contribution < -0.4 is 0 Å².